The molecule has 0 spiro atoms. The molecule has 2 amide bonds. The molecule has 1 aliphatic rings. The lowest BCUT2D eigenvalue weighted by molar-refractivity contribution is -0.133. The molecule has 1 aromatic carbocycles. The number of amides is 2. The summed E-state index contributed by atoms with van der Waals surface area (Å²) in [5, 5.41) is 8.60. The summed E-state index contributed by atoms with van der Waals surface area (Å²) in [6.45, 7) is -0.123. The summed E-state index contributed by atoms with van der Waals surface area (Å²) in [6.07, 6.45) is 1.99. The van der Waals surface area contributed by atoms with Crippen LogP contribution in [-0.4, -0.2) is 41.0 Å². The Morgan fingerprint density at radius 3 is 2.76 bits per heavy atom. The van der Waals surface area contributed by atoms with Gasteiger partial charge in [0.1, 0.15) is 6.54 Å². The van der Waals surface area contributed by atoms with Gasteiger partial charge in [0.05, 0.1) is 22.9 Å². The first kappa shape index (κ1) is 19.4. The maximum Gasteiger partial charge on any atom is 0.289 e. The molecule has 1 aliphatic heterocycles. The predicted octanol–water partition coefficient (Wildman–Crippen LogP) is 4.44. The van der Waals surface area contributed by atoms with Crippen LogP contribution in [0, 0.1) is 0 Å². The third-order valence-corrected chi connectivity index (χ3v) is 5.95. The molecule has 0 unspecified atom stereocenters. The van der Waals surface area contributed by atoms with Gasteiger partial charge in [0.25, 0.3) is 11.8 Å². The van der Waals surface area contributed by atoms with E-state index >= 15 is 0 Å². The van der Waals surface area contributed by atoms with Gasteiger partial charge in [0.15, 0.2) is 5.76 Å². The van der Waals surface area contributed by atoms with Crippen LogP contribution < -0.4 is 0 Å². The molecule has 148 valence electrons. The highest BCUT2D eigenvalue weighted by Gasteiger charge is 2.35. The topological polar surface area (TPSA) is 66.1 Å². The van der Waals surface area contributed by atoms with E-state index in [-0.39, 0.29) is 30.2 Å². The Morgan fingerprint density at radius 2 is 2.07 bits per heavy atom. The van der Waals surface area contributed by atoms with Gasteiger partial charge in [0, 0.05) is 18.5 Å². The van der Waals surface area contributed by atoms with E-state index in [1.807, 2.05) is 35.7 Å². The Kier molecular flexibility index (Phi) is 5.51. The number of hydrazone groups is 1. The number of likely N-dealkylation sites (N-methyl/N-ethyl adjacent to an activating group) is 1. The van der Waals surface area contributed by atoms with Crippen molar-refractivity contribution in [1.29, 1.82) is 0 Å². The number of carbonyl (C=O) groups is 2. The molecule has 1 atom stereocenters. The average molecular weight is 428 g/mol. The number of furan rings is 1. The Labute approximate surface area is 177 Å². The fraction of sp³-hybridized carbons (Fsp3) is 0.190. The van der Waals surface area contributed by atoms with E-state index in [2.05, 4.69) is 5.10 Å². The smallest absolute Gasteiger partial charge is 0.289 e. The molecule has 0 aliphatic carbocycles. The van der Waals surface area contributed by atoms with Gasteiger partial charge in [-0.1, -0.05) is 35.9 Å². The van der Waals surface area contributed by atoms with E-state index in [1.165, 1.54) is 16.2 Å². The quantitative estimate of drug-likeness (QED) is 0.604. The van der Waals surface area contributed by atoms with E-state index in [0.717, 1.165) is 16.2 Å². The van der Waals surface area contributed by atoms with Crippen molar-refractivity contribution in [2.24, 2.45) is 5.10 Å². The van der Waals surface area contributed by atoms with Crippen LogP contribution in [-0.2, 0) is 4.79 Å². The summed E-state index contributed by atoms with van der Waals surface area (Å²) >= 11 is 7.98. The highest BCUT2D eigenvalue weighted by Crippen LogP contribution is 2.37. The van der Waals surface area contributed by atoms with Crippen molar-refractivity contribution < 1.29 is 14.0 Å². The van der Waals surface area contributed by atoms with Crippen LogP contribution in [0.5, 0.6) is 0 Å². The van der Waals surface area contributed by atoms with Gasteiger partial charge in [-0.2, -0.15) is 5.10 Å². The molecular formula is C21H18ClN3O3S. The van der Waals surface area contributed by atoms with E-state index in [4.69, 9.17) is 16.0 Å². The number of carbonyl (C=O) groups excluding carboxylic acids is 2. The van der Waals surface area contributed by atoms with Crippen molar-refractivity contribution in [3.63, 3.8) is 0 Å². The monoisotopic (exact) mass is 427 g/mol. The minimum atomic E-state index is -0.362. The average Bonchev–Trinajstić information content (AvgIpc) is 3.48. The van der Waals surface area contributed by atoms with Gasteiger partial charge in [-0.3, -0.25) is 9.59 Å². The number of benzene rings is 1. The molecule has 0 saturated heterocycles. The molecule has 0 radical (unpaired) electrons. The van der Waals surface area contributed by atoms with E-state index < -0.39 is 0 Å². The first-order valence-corrected chi connectivity index (χ1v) is 10.3. The van der Waals surface area contributed by atoms with Crippen LogP contribution in [0.4, 0.5) is 0 Å². The van der Waals surface area contributed by atoms with Crippen molar-refractivity contribution in [2.75, 3.05) is 13.6 Å². The minimum absolute atomic E-state index is 0.123. The molecule has 2 aromatic heterocycles. The van der Waals surface area contributed by atoms with Crippen molar-refractivity contribution in [3.8, 4) is 0 Å². The second-order valence-corrected chi connectivity index (χ2v) is 8.00. The molecular weight excluding hydrogens is 410 g/mol. The second-order valence-electron chi connectivity index (χ2n) is 6.64. The lowest BCUT2D eigenvalue weighted by Gasteiger charge is -2.25. The zero-order valence-corrected chi connectivity index (χ0v) is 17.2. The fourth-order valence-electron chi connectivity index (χ4n) is 3.25. The SMILES string of the molecule is CN(CC(=O)N1N=C(c2cccs2)C[C@@H]1c1ccccc1Cl)C(=O)c1ccco1. The molecule has 0 bridgehead atoms. The summed E-state index contributed by atoms with van der Waals surface area (Å²) in [4.78, 5) is 27.8. The maximum absolute atomic E-state index is 13.1. The highest BCUT2D eigenvalue weighted by molar-refractivity contribution is 7.12. The Hall–Kier alpha value is -2.90. The number of halogens is 1. The normalized spacial score (nSPS) is 16.0. The number of hydrogen-bond acceptors (Lipinski definition) is 5. The molecule has 3 heterocycles. The van der Waals surface area contributed by atoms with E-state index in [0.29, 0.717) is 11.4 Å². The van der Waals surface area contributed by atoms with Gasteiger partial charge in [-0.05, 0) is 35.2 Å². The summed E-state index contributed by atoms with van der Waals surface area (Å²) in [6, 6.07) is 14.3. The van der Waals surface area contributed by atoms with Crippen molar-refractivity contribution in [1.82, 2.24) is 9.91 Å². The van der Waals surface area contributed by atoms with Crippen LogP contribution in [0.3, 0.4) is 0 Å². The first-order chi connectivity index (χ1) is 14.0. The summed E-state index contributed by atoms with van der Waals surface area (Å²) < 4.78 is 5.14. The van der Waals surface area contributed by atoms with Gasteiger partial charge < -0.3 is 9.32 Å². The Morgan fingerprint density at radius 1 is 1.24 bits per heavy atom. The maximum atomic E-state index is 13.1. The minimum Gasteiger partial charge on any atom is -0.459 e. The molecule has 0 fully saturated rings. The third-order valence-electron chi connectivity index (χ3n) is 4.69. The molecule has 6 nitrogen and oxygen atoms in total. The molecule has 3 aromatic rings. The van der Waals surface area contributed by atoms with Gasteiger partial charge in [-0.15, -0.1) is 11.3 Å². The second kappa shape index (κ2) is 8.23. The number of nitrogens with zero attached hydrogens (tertiary/aromatic N) is 3. The van der Waals surface area contributed by atoms with Gasteiger partial charge in [0.2, 0.25) is 0 Å². The molecule has 4 rings (SSSR count). The summed E-state index contributed by atoms with van der Waals surface area (Å²) in [7, 11) is 1.56. The van der Waals surface area contributed by atoms with Crippen LogP contribution in [0.15, 0.2) is 69.7 Å². The van der Waals surface area contributed by atoms with Gasteiger partial charge >= 0.3 is 0 Å². The van der Waals surface area contributed by atoms with Crippen LogP contribution in [0.25, 0.3) is 0 Å². The highest BCUT2D eigenvalue weighted by atomic mass is 35.5. The van der Waals surface area contributed by atoms with E-state index in [1.54, 1.807) is 36.6 Å². The molecule has 8 heteroatoms. The van der Waals surface area contributed by atoms with Crippen molar-refractivity contribution in [2.45, 2.75) is 12.5 Å². The Bertz CT molecular complexity index is 1050. The molecule has 0 N–H and O–H groups in total. The number of rotatable bonds is 5. The Balaban J connectivity index is 1.59. The lowest BCUT2D eigenvalue weighted by atomic mass is 10.0. The third kappa shape index (κ3) is 3.97. The van der Waals surface area contributed by atoms with Crippen LogP contribution >= 0.6 is 22.9 Å². The summed E-state index contributed by atoms with van der Waals surface area (Å²) in [5.41, 5.74) is 1.66. The number of hydrogen-bond donors (Lipinski definition) is 0. The number of thiophene rings is 1. The predicted molar refractivity (Wildman–Crippen MR) is 112 cm³/mol. The largest absolute Gasteiger partial charge is 0.459 e. The zero-order chi connectivity index (χ0) is 20.4. The zero-order valence-electron chi connectivity index (χ0n) is 15.6. The fourth-order valence-corrected chi connectivity index (χ4v) is 4.24. The molecule has 0 saturated carbocycles. The van der Waals surface area contributed by atoms with Crippen molar-refractivity contribution in [3.05, 3.63) is 81.4 Å². The van der Waals surface area contributed by atoms with Gasteiger partial charge in [-0.25, -0.2) is 5.01 Å². The van der Waals surface area contributed by atoms with Crippen LogP contribution in [0.2, 0.25) is 5.02 Å². The first-order valence-electron chi connectivity index (χ1n) is 9.01. The van der Waals surface area contributed by atoms with Crippen molar-refractivity contribution >= 4 is 40.5 Å². The summed E-state index contributed by atoms with van der Waals surface area (Å²) in [5.74, 6) is -0.463. The van der Waals surface area contributed by atoms with Crippen LogP contribution in [0.1, 0.15) is 33.5 Å². The molecule has 29 heavy (non-hydrogen) atoms. The lowest BCUT2D eigenvalue weighted by Crippen LogP contribution is -2.39. The standard InChI is InChI=1S/C21H18ClN3O3S/c1-24(21(27)18-8-4-10-28-18)13-20(26)25-17(14-6-2-3-7-15(14)22)12-16(23-25)19-9-5-11-29-19/h2-11,17H,12-13H2,1H3/t17-/m1/s1. The van der Waals surface area contributed by atoms with E-state index in [9.17, 15) is 9.59 Å².